The van der Waals surface area contributed by atoms with E-state index in [2.05, 4.69) is 19.2 Å². The van der Waals surface area contributed by atoms with Gasteiger partial charge in [-0.2, -0.15) is 0 Å². The molecule has 6 nitrogen and oxygen atoms in total. The first kappa shape index (κ1) is 17.1. The number of carboxylic acids is 1. The maximum absolute atomic E-state index is 12.4. The summed E-state index contributed by atoms with van der Waals surface area (Å²) in [5.41, 5.74) is -0.822. The van der Waals surface area contributed by atoms with Crippen LogP contribution in [0.4, 0.5) is 4.79 Å². The highest BCUT2D eigenvalue weighted by molar-refractivity contribution is 5.79. The van der Waals surface area contributed by atoms with E-state index in [1.165, 1.54) is 0 Å². The number of ether oxygens (including phenoxy) is 1. The van der Waals surface area contributed by atoms with Crippen LogP contribution < -0.4 is 5.32 Å². The number of carbonyl (C=O) groups is 2. The summed E-state index contributed by atoms with van der Waals surface area (Å²) in [5, 5.41) is 12.3. The molecule has 2 heterocycles. The Labute approximate surface area is 132 Å². The number of rotatable bonds is 4. The van der Waals surface area contributed by atoms with E-state index in [4.69, 9.17) is 4.74 Å². The Morgan fingerprint density at radius 2 is 2.18 bits per heavy atom. The Bertz CT molecular complexity index is 426. The van der Waals surface area contributed by atoms with Gasteiger partial charge >= 0.3 is 12.0 Å². The molecule has 2 rings (SSSR count). The summed E-state index contributed by atoms with van der Waals surface area (Å²) >= 11 is 0. The molecule has 0 bridgehead atoms. The molecule has 2 amide bonds. The number of aliphatic carboxylic acids is 1. The van der Waals surface area contributed by atoms with Crippen molar-refractivity contribution >= 4 is 12.0 Å². The topological polar surface area (TPSA) is 78.9 Å². The van der Waals surface area contributed by atoms with Crippen molar-refractivity contribution in [2.75, 3.05) is 19.7 Å². The molecule has 22 heavy (non-hydrogen) atoms. The van der Waals surface area contributed by atoms with Crippen LogP contribution in [0.15, 0.2) is 0 Å². The summed E-state index contributed by atoms with van der Waals surface area (Å²) in [6.45, 7) is 7.53. The van der Waals surface area contributed by atoms with Crippen LogP contribution >= 0.6 is 0 Å². The lowest BCUT2D eigenvalue weighted by molar-refractivity contribution is -0.147. The number of likely N-dealkylation sites (tertiary alicyclic amines) is 1. The van der Waals surface area contributed by atoms with Gasteiger partial charge in [0, 0.05) is 19.7 Å². The standard InChI is InChI=1S/C16H28N2O4/c1-11(2)9-13-12(5-4-8-22-13)17-15(21)18-7-6-16(3,10-18)14(19)20/h11-13H,4-10H2,1-3H3,(H,17,21)(H,19,20). The molecule has 2 fully saturated rings. The number of amides is 2. The number of nitrogens with one attached hydrogen (secondary N) is 1. The van der Waals surface area contributed by atoms with E-state index in [-0.39, 0.29) is 24.7 Å². The molecule has 2 aliphatic heterocycles. The molecular formula is C16H28N2O4. The van der Waals surface area contributed by atoms with E-state index in [0.29, 0.717) is 18.9 Å². The average Bonchev–Trinajstić information content (AvgIpc) is 2.85. The van der Waals surface area contributed by atoms with Gasteiger partial charge in [-0.05, 0) is 38.5 Å². The van der Waals surface area contributed by atoms with Crippen molar-refractivity contribution in [1.29, 1.82) is 0 Å². The summed E-state index contributed by atoms with van der Waals surface area (Å²) in [7, 11) is 0. The van der Waals surface area contributed by atoms with Gasteiger partial charge in [0.2, 0.25) is 0 Å². The fourth-order valence-corrected chi connectivity index (χ4v) is 3.26. The summed E-state index contributed by atoms with van der Waals surface area (Å²) in [6.07, 6.45) is 3.37. The third kappa shape index (κ3) is 3.91. The number of carboxylic acid groups (broad SMARTS) is 1. The highest BCUT2D eigenvalue weighted by Crippen LogP contribution is 2.30. The van der Waals surface area contributed by atoms with Crippen molar-refractivity contribution in [3.8, 4) is 0 Å². The molecule has 6 heteroatoms. The molecule has 2 saturated heterocycles. The molecule has 0 aromatic heterocycles. The van der Waals surface area contributed by atoms with E-state index in [9.17, 15) is 14.7 Å². The minimum atomic E-state index is -0.832. The first-order valence-corrected chi connectivity index (χ1v) is 8.22. The number of nitrogens with zero attached hydrogens (tertiary/aromatic N) is 1. The molecule has 126 valence electrons. The largest absolute Gasteiger partial charge is 0.481 e. The van der Waals surface area contributed by atoms with Crippen molar-refractivity contribution in [3.63, 3.8) is 0 Å². The predicted molar refractivity (Wildman–Crippen MR) is 82.7 cm³/mol. The smallest absolute Gasteiger partial charge is 0.317 e. The zero-order valence-electron chi connectivity index (χ0n) is 13.8. The number of carbonyl (C=O) groups excluding carboxylic acids is 1. The van der Waals surface area contributed by atoms with Crippen molar-refractivity contribution in [3.05, 3.63) is 0 Å². The van der Waals surface area contributed by atoms with Gasteiger partial charge in [0.1, 0.15) is 0 Å². The minimum absolute atomic E-state index is 0.0281. The van der Waals surface area contributed by atoms with Crippen LogP contribution in [0, 0.1) is 11.3 Å². The van der Waals surface area contributed by atoms with Crippen LogP contribution in [0.1, 0.15) is 46.5 Å². The van der Waals surface area contributed by atoms with Crippen molar-refractivity contribution in [2.45, 2.75) is 58.6 Å². The van der Waals surface area contributed by atoms with Crippen LogP contribution in [0.5, 0.6) is 0 Å². The van der Waals surface area contributed by atoms with Crippen molar-refractivity contribution < 1.29 is 19.4 Å². The quantitative estimate of drug-likeness (QED) is 0.833. The molecule has 0 aromatic carbocycles. The molecule has 0 aliphatic carbocycles. The molecular weight excluding hydrogens is 284 g/mol. The second kappa shape index (κ2) is 6.86. The van der Waals surface area contributed by atoms with Gasteiger partial charge in [0.15, 0.2) is 0 Å². The lowest BCUT2D eigenvalue weighted by atomic mass is 9.90. The third-order valence-electron chi connectivity index (χ3n) is 4.73. The van der Waals surface area contributed by atoms with Crippen molar-refractivity contribution in [2.24, 2.45) is 11.3 Å². The lowest BCUT2D eigenvalue weighted by Crippen LogP contribution is -2.52. The van der Waals surface area contributed by atoms with Crippen LogP contribution in [-0.2, 0) is 9.53 Å². The van der Waals surface area contributed by atoms with Gasteiger partial charge < -0.3 is 20.1 Å². The molecule has 3 unspecified atom stereocenters. The molecule has 0 radical (unpaired) electrons. The lowest BCUT2D eigenvalue weighted by Gasteiger charge is -2.34. The van der Waals surface area contributed by atoms with Gasteiger partial charge in [-0.1, -0.05) is 13.8 Å². The molecule has 2 N–H and O–H groups in total. The fourth-order valence-electron chi connectivity index (χ4n) is 3.26. The second-order valence-corrected chi connectivity index (χ2v) is 7.27. The minimum Gasteiger partial charge on any atom is -0.481 e. The van der Waals surface area contributed by atoms with E-state index >= 15 is 0 Å². The number of hydrogen-bond donors (Lipinski definition) is 2. The van der Waals surface area contributed by atoms with Crippen LogP contribution in [-0.4, -0.2) is 53.8 Å². The molecule has 3 atom stereocenters. The summed E-state index contributed by atoms with van der Waals surface area (Å²) in [6, 6.07) is -0.130. The highest BCUT2D eigenvalue weighted by atomic mass is 16.5. The predicted octanol–water partition coefficient (Wildman–Crippen LogP) is 2.09. The summed E-state index contributed by atoms with van der Waals surface area (Å²) in [5.74, 6) is -0.314. The molecule has 2 aliphatic rings. The normalized spacial score (nSPS) is 32.3. The number of urea groups is 1. The Kier molecular flexibility index (Phi) is 5.32. The molecule has 0 spiro atoms. The average molecular weight is 312 g/mol. The van der Waals surface area contributed by atoms with Gasteiger partial charge in [0.05, 0.1) is 17.6 Å². The third-order valence-corrected chi connectivity index (χ3v) is 4.73. The SMILES string of the molecule is CC(C)CC1OCCCC1NC(=O)N1CCC(C)(C(=O)O)C1. The Morgan fingerprint density at radius 3 is 2.77 bits per heavy atom. The Hall–Kier alpha value is -1.30. The van der Waals surface area contributed by atoms with Gasteiger partial charge in [-0.3, -0.25) is 4.79 Å². The Morgan fingerprint density at radius 1 is 1.45 bits per heavy atom. The van der Waals surface area contributed by atoms with E-state index in [0.717, 1.165) is 25.9 Å². The maximum Gasteiger partial charge on any atom is 0.317 e. The molecule has 0 aromatic rings. The zero-order chi connectivity index (χ0) is 16.3. The van der Waals surface area contributed by atoms with Crippen LogP contribution in [0.3, 0.4) is 0 Å². The van der Waals surface area contributed by atoms with Crippen LogP contribution in [0.2, 0.25) is 0 Å². The molecule has 0 saturated carbocycles. The maximum atomic E-state index is 12.4. The van der Waals surface area contributed by atoms with Gasteiger partial charge in [-0.25, -0.2) is 4.79 Å². The van der Waals surface area contributed by atoms with E-state index < -0.39 is 11.4 Å². The van der Waals surface area contributed by atoms with E-state index in [1.54, 1.807) is 11.8 Å². The second-order valence-electron chi connectivity index (χ2n) is 7.27. The van der Waals surface area contributed by atoms with Crippen LogP contribution in [0.25, 0.3) is 0 Å². The summed E-state index contributed by atoms with van der Waals surface area (Å²) < 4.78 is 5.82. The van der Waals surface area contributed by atoms with Gasteiger partial charge in [0.25, 0.3) is 0 Å². The summed E-state index contributed by atoms with van der Waals surface area (Å²) in [4.78, 5) is 25.3. The highest BCUT2D eigenvalue weighted by Gasteiger charge is 2.42. The van der Waals surface area contributed by atoms with Crippen molar-refractivity contribution in [1.82, 2.24) is 10.2 Å². The number of hydrogen-bond acceptors (Lipinski definition) is 3. The first-order chi connectivity index (χ1) is 10.3. The fraction of sp³-hybridized carbons (Fsp3) is 0.875. The van der Waals surface area contributed by atoms with E-state index in [1.807, 2.05) is 0 Å². The Balaban J connectivity index is 1.92. The van der Waals surface area contributed by atoms with Gasteiger partial charge in [-0.15, -0.1) is 0 Å². The first-order valence-electron chi connectivity index (χ1n) is 8.22. The zero-order valence-corrected chi connectivity index (χ0v) is 13.8. The monoisotopic (exact) mass is 312 g/mol.